The minimum absolute atomic E-state index is 0.349. The molecule has 0 saturated heterocycles. The Hall–Kier alpha value is -2.04. The number of carbonyl (C=O) groups is 2. The predicted molar refractivity (Wildman–Crippen MR) is 69.5 cm³/mol. The number of carboxylic acid groups (broad SMARTS) is 1. The van der Waals surface area contributed by atoms with Crippen molar-refractivity contribution < 1.29 is 14.7 Å². The first-order valence-electron chi connectivity index (χ1n) is 5.88. The number of anilines is 1. The Bertz CT molecular complexity index is 432. The van der Waals surface area contributed by atoms with E-state index in [9.17, 15) is 9.59 Å². The Morgan fingerprint density at radius 3 is 2.67 bits per heavy atom. The summed E-state index contributed by atoms with van der Waals surface area (Å²) in [6.07, 6.45) is 1.32. The molecule has 5 heteroatoms. The Labute approximate surface area is 106 Å². The lowest BCUT2D eigenvalue weighted by Crippen LogP contribution is -2.15. The number of aliphatic carboxylic acids is 1. The number of benzene rings is 1. The van der Waals surface area contributed by atoms with Gasteiger partial charge in [-0.1, -0.05) is 19.1 Å². The van der Waals surface area contributed by atoms with Crippen LogP contribution in [0.15, 0.2) is 24.3 Å². The lowest BCUT2D eigenvalue weighted by atomic mass is 10.1. The second kappa shape index (κ2) is 6.64. The lowest BCUT2D eigenvalue weighted by Gasteiger charge is -2.10. The van der Waals surface area contributed by atoms with Gasteiger partial charge in [-0.2, -0.15) is 0 Å². The van der Waals surface area contributed by atoms with Gasteiger partial charge in [0.15, 0.2) is 0 Å². The van der Waals surface area contributed by atoms with Crippen LogP contribution in [0.5, 0.6) is 0 Å². The van der Waals surface area contributed by atoms with Crippen LogP contribution >= 0.6 is 0 Å². The molecule has 0 aliphatic heterocycles. The average Bonchev–Trinajstić information content (AvgIpc) is 2.34. The maximum Gasteiger partial charge on any atom is 0.306 e. The quantitative estimate of drug-likeness (QED) is 0.642. The molecule has 0 aromatic heterocycles. The molecular formula is C13H18N2O3. The van der Waals surface area contributed by atoms with E-state index in [4.69, 9.17) is 10.8 Å². The Morgan fingerprint density at radius 1 is 1.39 bits per heavy atom. The summed E-state index contributed by atoms with van der Waals surface area (Å²) >= 11 is 0. The van der Waals surface area contributed by atoms with E-state index in [-0.39, 0.29) is 5.92 Å². The highest BCUT2D eigenvalue weighted by Crippen LogP contribution is 2.14. The third-order valence-electron chi connectivity index (χ3n) is 2.74. The minimum atomic E-state index is -0.785. The normalized spacial score (nSPS) is 11.8. The topological polar surface area (TPSA) is 92.4 Å². The maximum absolute atomic E-state index is 11.2. The highest BCUT2D eigenvalue weighted by atomic mass is 16.4. The summed E-state index contributed by atoms with van der Waals surface area (Å²) in [6, 6.07) is 7.00. The Kier molecular flexibility index (Phi) is 5.17. The highest BCUT2D eigenvalue weighted by Gasteiger charge is 2.10. The first kappa shape index (κ1) is 14.0. The Balaban J connectivity index is 2.45. The fraction of sp³-hybridized carbons (Fsp3) is 0.385. The molecule has 0 bridgehead atoms. The largest absolute Gasteiger partial charge is 0.481 e. The summed E-state index contributed by atoms with van der Waals surface area (Å²) in [7, 11) is 0. The number of carboxylic acids is 1. The molecule has 1 rings (SSSR count). The first-order valence-corrected chi connectivity index (χ1v) is 5.88. The van der Waals surface area contributed by atoms with Crippen LogP contribution in [0.1, 0.15) is 30.1 Å². The zero-order valence-corrected chi connectivity index (χ0v) is 10.3. The van der Waals surface area contributed by atoms with Gasteiger partial charge in [0.1, 0.15) is 0 Å². The van der Waals surface area contributed by atoms with E-state index in [0.717, 1.165) is 6.42 Å². The number of primary amides is 1. The van der Waals surface area contributed by atoms with E-state index in [2.05, 4.69) is 5.32 Å². The molecule has 0 aliphatic rings. The summed E-state index contributed by atoms with van der Waals surface area (Å²) in [6.45, 7) is 2.29. The van der Waals surface area contributed by atoms with Gasteiger partial charge in [0.25, 0.3) is 5.91 Å². The van der Waals surface area contributed by atoms with Crippen LogP contribution in [0.3, 0.4) is 0 Å². The number of amides is 1. The molecule has 1 aromatic carbocycles. The van der Waals surface area contributed by atoms with Gasteiger partial charge < -0.3 is 16.2 Å². The molecule has 0 aliphatic carbocycles. The molecule has 0 radical (unpaired) electrons. The van der Waals surface area contributed by atoms with Crippen molar-refractivity contribution >= 4 is 17.6 Å². The fourth-order valence-corrected chi connectivity index (χ4v) is 1.61. The summed E-state index contributed by atoms with van der Waals surface area (Å²) < 4.78 is 0. The molecule has 98 valence electrons. The smallest absolute Gasteiger partial charge is 0.306 e. The minimum Gasteiger partial charge on any atom is -0.481 e. The number of nitrogens with one attached hydrogen (secondary N) is 1. The number of rotatable bonds is 7. The van der Waals surface area contributed by atoms with E-state index in [0.29, 0.717) is 24.2 Å². The van der Waals surface area contributed by atoms with Crippen molar-refractivity contribution in [2.75, 3.05) is 11.9 Å². The number of hydrogen-bond acceptors (Lipinski definition) is 3. The zero-order valence-electron chi connectivity index (χ0n) is 10.3. The van der Waals surface area contributed by atoms with Gasteiger partial charge in [-0.15, -0.1) is 0 Å². The van der Waals surface area contributed by atoms with Crippen LogP contribution in [-0.2, 0) is 4.79 Å². The highest BCUT2D eigenvalue weighted by molar-refractivity contribution is 5.98. The molecular weight excluding hydrogens is 232 g/mol. The van der Waals surface area contributed by atoms with Gasteiger partial charge in [-0.25, -0.2) is 0 Å². The van der Waals surface area contributed by atoms with Gasteiger partial charge in [-0.05, 0) is 25.0 Å². The van der Waals surface area contributed by atoms with Crippen LogP contribution in [0.4, 0.5) is 5.69 Å². The molecule has 4 N–H and O–H groups in total. The standard InChI is InChI=1S/C13H18N2O3/c1-9(13(17)18)5-4-8-15-11-7-3-2-6-10(11)12(14)16/h2-3,6-7,9,15H,4-5,8H2,1H3,(H2,14,16)(H,17,18). The first-order chi connectivity index (χ1) is 8.52. The van der Waals surface area contributed by atoms with E-state index in [1.165, 1.54) is 0 Å². The van der Waals surface area contributed by atoms with Crippen LogP contribution in [0, 0.1) is 5.92 Å². The van der Waals surface area contributed by atoms with Crippen LogP contribution < -0.4 is 11.1 Å². The van der Waals surface area contributed by atoms with Gasteiger partial charge in [-0.3, -0.25) is 9.59 Å². The number of hydrogen-bond donors (Lipinski definition) is 3. The number of para-hydroxylation sites is 1. The summed E-state index contributed by atoms with van der Waals surface area (Å²) in [5, 5.41) is 11.8. The molecule has 5 nitrogen and oxygen atoms in total. The molecule has 0 fully saturated rings. The molecule has 0 heterocycles. The second-order valence-electron chi connectivity index (χ2n) is 4.22. The molecule has 0 spiro atoms. The van der Waals surface area contributed by atoms with Crippen molar-refractivity contribution in [1.82, 2.24) is 0 Å². The van der Waals surface area contributed by atoms with Crippen LogP contribution in [-0.4, -0.2) is 23.5 Å². The molecule has 1 atom stereocenters. The predicted octanol–water partition coefficient (Wildman–Crippen LogP) is 1.70. The third kappa shape index (κ3) is 4.08. The van der Waals surface area contributed by atoms with E-state index >= 15 is 0 Å². The van der Waals surface area contributed by atoms with Crippen LogP contribution in [0.25, 0.3) is 0 Å². The molecule has 0 saturated carbocycles. The van der Waals surface area contributed by atoms with Gasteiger partial charge >= 0.3 is 5.97 Å². The maximum atomic E-state index is 11.2. The summed E-state index contributed by atoms with van der Waals surface area (Å²) in [5.41, 5.74) is 6.39. The zero-order chi connectivity index (χ0) is 13.5. The third-order valence-corrected chi connectivity index (χ3v) is 2.74. The van der Waals surface area contributed by atoms with Gasteiger partial charge in [0.2, 0.25) is 0 Å². The van der Waals surface area contributed by atoms with Crippen molar-refractivity contribution in [1.29, 1.82) is 0 Å². The lowest BCUT2D eigenvalue weighted by molar-refractivity contribution is -0.141. The van der Waals surface area contributed by atoms with Gasteiger partial charge in [0, 0.05) is 12.2 Å². The van der Waals surface area contributed by atoms with Crippen molar-refractivity contribution in [3.05, 3.63) is 29.8 Å². The monoisotopic (exact) mass is 250 g/mol. The summed E-state index contributed by atoms with van der Waals surface area (Å²) in [5.74, 6) is -1.61. The second-order valence-corrected chi connectivity index (χ2v) is 4.22. The SMILES string of the molecule is CC(CCCNc1ccccc1C(N)=O)C(=O)O. The average molecular weight is 250 g/mol. The Morgan fingerprint density at radius 2 is 2.06 bits per heavy atom. The summed E-state index contributed by atoms with van der Waals surface area (Å²) in [4.78, 5) is 21.8. The van der Waals surface area contributed by atoms with Crippen molar-refractivity contribution in [2.45, 2.75) is 19.8 Å². The number of nitrogens with two attached hydrogens (primary N) is 1. The van der Waals surface area contributed by atoms with E-state index in [1.54, 1.807) is 25.1 Å². The van der Waals surface area contributed by atoms with Crippen molar-refractivity contribution in [3.8, 4) is 0 Å². The molecule has 18 heavy (non-hydrogen) atoms. The van der Waals surface area contributed by atoms with Gasteiger partial charge in [0.05, 0.1) is 11.5 Å². The molecule has 1 aromatic rings. The number of carbonyl (C=O) groups excluding carboxylic acids is 1. The molecule has 1 amide bonds. The van der Waals surface area contributed by atoms with Crippen LogP contribution in [0.2, 0.25) is 0 Å². The van der Waals surface area contributed by atoms with E-state index in [1.807, 2.05) is 6.07 Å². The van der Waals surface area contributed by atoms with Crippen molar-refractivity contribution in [2.24, 2.45) is 11.7 Å². The van der Waals surface area contributed by atoms with E-state index < -0.39 is 11.9 Å². The molecule has 1 unspecified atom stereocenters. The fourth-order valence-electron chi connectivity index (χ4n) is 1.61. The van der Waals surface area contributed by atoms with Crippen molar-refractivity contribution in [3.63, 3.8) is 0 Å².